The molecule has 5 nitrogen and oxygen atoms in total. The zero-order valence-corrected chi connectivity index (χ0v) is 22.1. The van der Waals surface area contributed by atoms with E-state index >= 15 is 0 Å². The summed E-state index contributed by atoms with van der Waals surface area (Å²) in [4.78, 5) is 15.5. The average molecular weight is 503 g/mol. The largest absolute Gasteiger partial charge is 0.325 e. The summed E-state index contributed by atoms with van der Waals surface area (Å²) in [6.45, 7) is 5.74. The molecular weight excluding hydrogens is 468 g/mol. The van der Waals surface area contributed by atoms with E-state index in [1.807, 2.05) is 18.2 Å². The molecule has 0 bridgehead atoms. The molecule has 1 saturated heterocycles. The van der Waals surface area contributed by atoms with E-state index in [9.17, 15) is 4.79 Å². The lowest BCUT2D eigenvalue weighted by Gasteiger charge is -2.39. The lowest BCUT2D eigenvalue weighted by Crippen LogP contribution is -2.42. The summed E-state index contributed by atoms with van der Waals surface area (Å²) in [5, 5.41) is 12.0. The van der Waals surface area contributed by atoms with E-state index < -0.39 is 5.41 Å². The van der Waals surface area contributed by atoms with Gasteiger partial charge in [-0.25, -0.2) is 0 Å². The molecule has 7 rings (SSSR count). The Morgan fingerprint density at radius 2 is 1.79 bits per heavy atom. The molecule has 2 aliphatic heterocycles. The number of hydrogen-bond donors (Lipinski definition) is 2. The molecule has 5 heteroatoms. The van der Waals surface area contributed by atoms with Gasteiger partial charge in [-0.2, -0.15) is 5.10 Å². The molecule has 3 aliphatic rings. The lowest BCUT2D eigenvalue weighted by molar-refractivity contribution is -0.118. The summed E-state index contributed by atoms with van der Waals surface area (Å²) in [5.74, 6) is 0.329. The van der Waals surface area contributed by atoms with Crippen molar-refractivity contribution in [3.63, 3.8) is 0 Å². The summed E-state index contributed by atoms with van der Waals surface area (Å²) in [7, 11) is 0. The van der Waals surface area contributed by atoms with Crippen molar-refractivity contribution in [1.29, 1.82) is 0 Å². The first-order valence-electron chi connectivity index (χ1n) is 13.9. The van der Waals surface area contributed by atoms with E-state index in [2.05, 4.69) is 94.9 Å². The maximum atomic E-state index is 12.9. The van der Waals surface area contributed by atoms with Gasteiger partial charge in [0, 0.05) is 35.6 Å². The van der Waals surface area contributed by atoms with Crippen LogP contribution in [-0.4, -0.2) is 33.1 Å². The molecule has 1 saturated carbocycles. The molecule has 38 heavy (non-hydrogen) atoms. The monoisotopic (exact) mass is 502 g/mol. The fourth-order valence-electron chi connectivity index (χ4n) is 6.86. The number of benzene rings is 3. The van der Waals surface area contributed by atoms with Crippen LogP contribution in [0.3, 0.4) is 0 Å². The third-order valence-electron chi connectivity index (χ3n) is 9.20. The van der Waals surface area contributed by atoms with Gasteiger partial charge < -0.3 is 5.32 Å². The van der Waals surface area contributed by atoms with Crippen LogP contribution in [0.15, 0.2) is 66.7 Å². The third-order valence-corrected chi connectivity index (χ3v) is 9.20. The van der Waals surface area contributed by atoms with Crippen LogP contribution in [0.1, 0.15) is 73.4 Å². The Hall–Kier alpha value is -3.70. The predicted molar refractivity (Wildman–Crippen MR) is 154 cm³/mol. The minimum Gasteiger partial charge on any atom is -0.325 e. The quantitative estimate of drug-likeness (QED) is 0.313. The molecule has 1 amide bonds. The number of hydrogen-bond acceptors (Lipinski definition) is 3. The Labute approximate surface area is 223 Å². The van der Waals surface area contributed by atoms with Crippen LogP contribution in [0.5, 0.6) is 0 Å². The zero-order chi connectivity index (χ0) is 25.9. The van der Waals surface area contributed by atoms with Crippen LogP contribution >= 0.6 is 0 Å². The molecule has 4 unspecified atom stereocenters. The van der Waals surface area contributed by atoms with E-state index in [1.165, 1.54) is 36.0 Å². The SMILES string of the molecule is CC1CCCC(C)N1Cc1ccc(/C=C/c2n[nH]c3cc(C4CC45C(=O)Nc4ccccc45)ccc23)cc1. The van der Waals surface area contributed by atoms with E-state index in [4.69, 9.17) is 0 Å². The Morgan fingerprint density at radius 1 is 1.00 bits per heavy atom. The van der Waals surface area contributed by atoms with Gasteiger partial charge in [-0.05, 0) is 73.6 Å². The van der Waals surface area contributed by atoms with Gasteiger partial charge in [0.25, 0.3) is 0 Å². The van der Waals surface area contributed by atoms with Crippen molar-refractivity contribution < 1.29 is 4.79 Å². The number of aromatic nitrogens is 2. The first-order valence-corrected chi connectivity index (χ1v) is 13.9. The van der Waals surface area contributed by atoms with Gasteiger partial charge in [0.15, 0.2) is 0 Å². The van der Waals surface area contributed by atoms with Gasteiger partial charge in [0.05, 0.1) is 16.6 Å². The number of carbonyl (C=O) groups is 1. The molecule has 0 radical (unpaired) electrons. The minimum absolute atomic E-state index is 0.128. The highest BCUT2D eigenvalue weighted by Crippen LogP contribution is 2.65. The number of fused-ring (bicyclic) bond motifs is 3. The van der Waals surface area contributed by atoms with Gasteiger partial charge >= 0.3 is 0 Å². The fraction of sp³-hybridized carbons (Fsp3) is 0.333. The van der Waals surface area contributed by atoms with Crippen LogP contribution in [0.4, 0.5) is 5.69 Å². The molecular formula is C33H34N4O. The summed E-state index contributed by atoms with van der Waals surface area (Å²) < 4.78 is 0. The number of H-pyrrole nitrogens is 1. The maximum absolute atomic E-state index is 12.9. The highest BCUT2D eigenvalue weighted by molar-refractivity contribution is 6.09. The number of nitrogens with zero attached hydrogens (tertiary/aromatic N) is 2. The summed E-state index contributed by atoms with van der Waals surface area (Å²) in [5.41, 5.74) is 7.36. The van der Waals surface area contributed by atoms with Crippen LogP contribution < -0.4 is 5.32 Å². The van der Waals surface area contributed by atoms with Crippen molar-refractivity contribution in [2.24, 2.45) is 0 Å². The highest BCUT2D eigenvalue weighted by atomic mass is 16.2. The molecule has 4 aromatic rings. The van der Waals surface area contributed by atoms with E-state index in [1.54, 1.807) is 0 Å². The maximum Gasteiger partial charge on any atom is 0.235 e. The number of nitrogens with one attached hydrogen (secondary N) is 2. The van der Waals surface area contributed by atoms with Crippen LogP contribution in [0.25, 0.3) is 23.1 Å². The molecule has 1 aliphatic carbocycles. The second-order valence-corrected chi connectivity index (χ2v) is 11.5. The third kappa shape index (κ3) is 3.80. The Kier molecular flexibility index (Phi) is 5.52. The van der Waals surface area contributed by atoms with Crippen molar-refractivity contribution in [1.82, 2.24) is 15.1 Å². The molecule has 1 spiro atoms. The standard InChI is InChI=1S/C33H34N4O/c1-21-6-5-7-22(2)37(21)20-24-12-10-23(11-13-24)14-17-29-26-16-15-25(18-31(26)36-35-29)28-19-33(28)27-8-3-4-9-30(27)34-32(33)38/h3-4,8-18,21-22,28H,5-7,19-20H2,1-2H3,(H,34,38)(H,35,36)/b17-14+. The predicted octanol–water partition coefficient (Wildman–Crippen LogP) is 6.87. The first kappa shape index (κ1) is 23.4. The van der Waals surface area contributed by atoms with E-state index in [0.29, 0.717) is 12.1 Å². The number of amides is 1. The average Bonchev–Trinajstić information content (AvgIpc) is 3.46. The van der Waals surface area contributed by atoms with Crippen molar-refractivity contribution in [3.8, 4) is 0 Å². The van der Waals surface area contributed by atoms with Gasteiger partial charge in [-0.15, -0.1) is 0 Å². The molecule has 3 heterocycles. The minimum atomic E-state index is -0.413. The zero-order valence-electron chi connectivity index (χ0n) is 22.1. The number of rotatable bonds is 5. The van der Waals surface area contributed by atoms with Crippen molar-refractivity contribution in [3.05, 3.63) is 94.7 Å². The van der Waals surface area contributed by atoms with E-state index in [0.717, 1.165) is 40.8 Å². The molecule has 4 atom stereocenters. The van der Waals surface area contributed by atoms with Crippen LogP contribution in [0, 0.1) is 0 Å². The van der Waals surface area contributed by atoms with Gasteiger partial charge in [-0.1, -0.05) is 67.1 Å². The summed E-state index contributed by atoms with van der Waals surface area (Å²) in [6, 6.07) is 24.8. The Balaban J connectivity index is 1.07. The number of aromatic amines is 1. The van der Waals surface area contributed by atoms with Crippen LogP contribution in [-0.2, 0) is 16.8 Å². The Bertz CT molecular complexity index is 1540. The second-order valence-electron chi connectivity index (χ2n) is 11.5. The summed E-state index contributed by atoms with van der Waals surface area (Å²) >= 11 is 0. The number of piperidine rings is 1. The second kappa shape index (κ2) is 8.95. The van der Waals surface area contributed by atoms with Crippen LogP contribution in [0.2, 0.25) is 0 Å². The van der Waals surface area contributed by atoms with Gasteiger partial charge in [-0.3, -0.25) is 14.8 Å². The smallest absolute Gasteiger partial charge is 0.235 e. The molecule has 192 valence electrons. The molecule has 2 N–H and O–H groups in total. The molecule has 3 aromatic carbocycles. The summed E-state index contributed by atoms with van der Waals surface area (Å²) in [6.07, 6.45) is 9.02. The number of likely N-dealkylation sites (tertiary alicyclic amines) is 1. The number of carbonyl (C=O) groups excluding carboxylic acids is 1. The fourth-order valence-corrected chi connectivity index (χ4v) is 6.86. The normalized spacial score (nSPS) is 26.8. The van der Waals surface area contributed by atoms with Gasteiger partial charge in [0.2, 0.25) is 5.91 Å². The topological polar surface area (TPSA) is 61.0 Å². The van der Waals surface area contributed by atoms with E-state index in [-0.39, 0.29) is 11.8 Å². The molecule has 2 fully saturated rings. The first-order chi connectivity index (χ1) is 18.5. The Morgan fingerprint density at radius 3 is 2.61 bits per heavy atom. The van der Waals surface area contributed by atoms with Crippen molar-refractivity contribution >= 4 is 34.6 Å². The van der Waals surface area contributed by atoms with Gasteiger partial charge in [0.1, 0.15) is 0 Å². The number of para-hydroxylation sites is 1. The van der Waals surface area contributed by atoms with Crippen molar-refractivity contribution in [2.45, 2.75) is 69.5 Å². The number of anilines is 1. The van der Waals surface area contributed by atoms with Crippen molar-refractivity contribution in [2.75, 3.05) is 5.32 Å². The highest BCUT2D eigenvalue weighted by Gasteiger charge is 2.65. The molecule has 1 aromatic heterocycles. The lowest BCUT2D eigenvalue weighted by atomic mass is 9.92.